The minimum absolute atomic E-state index is 0.0390. The maximum absolute atomic E-state index is 13.0. The van der Waals surface area contributed by atoms with Crippen LogP contribution in [-0.2, 0) is 14.3 Å². The zero-order chi connectivity index (χ0) is 25.8. The molecule has 1 aliphatic carbocycles. The minimum Gasteiger partial charge on any atom is -0.480 e. The van der Waals surface area contributed by atoms with Crippen LogP contribution in [0.5, 0.6) is 0 Å². The second kappa shape index (κ2) is 10.8. The summed E-state index contributed by atoms with van der Waals surface area (Å²) in [5.41, 5.74) is 4.02. The van der Waals surface area contributed by atoms with Crippen molar-refractivity contribution < 1.29 is 37.4 Å². The summed E-state index contributed by atoms with van der Waals surface area (Å²) in [5, 5.41) is 11.3. The first-order chi connectivity index (χ1) is 16.5. The quantitative estimate of drug-likeness (QED) is 0.541. The van der Waals surface area contributed by atoms with Gasteiger partial charge in [0.1, 0.15) is 25.7 Å². The summed E-state index contributed by atoms with van der Waals surface area (Å²) in [6.45, 7) is 0.367. The number of alkyl halides is 3. The molecule has 2 N–H and O–H groups in total. The molecular weight excluding hydrogens is 465 g/mol. The first-order valence-corrected chi connectivity index (χ1v) is 11.2. The van der Waals surface area contributed by atoms with Crippen molar-refractivity contribution in [3.05, 3.63) is 59.7 Å². The van der Waals surface area contributed by atoms with Crippen LogP contribution in [0.25, 0.3) is 11.1 Å². The highest BCUT2D eigenvalue weighted by atomic mass is 19.4. The van der Waals surface area contributed by atoms with Crippen molar-refractivity contribution in [2.45, 2.75) is 38.4 Å². The van der Waals surface area contributed by atoms with Crippen LogP contribution in [0, 0.1) is 5.92 Å². The summed E-state index contributed by atoms with van der Waals surface area (Å²) < 4.78 is 44.3. The van der Waals surface area contributed by atoms with E-state index in [1.165, 1.54) is 0 Å². The monoisotopic (exact) mass is 492 g/mol. The van der Waals surface area contributed by atoms with Gasteiger partial charge in [-0.1, -0.05) is 68.8 Å². The number of ether oxygens (including phenoxy) is 1. The fourth-order valence-electron chi connectivity index (χ4n) is 4.24. The number of carboxylic acids is 1. The van der Waals surface area contributed by atoms with E-state index in [2.05, 4.69) is 5.32 Å². The Bertz CT molecular complexity index is 1040. The van der Waals surface area contributed by atoms with Crippen LogP contribution in [0.4, 0.5) is 18.0 Å². The summed E-state index contributed by atoms with van der Waals surface area (Å²) in [6.07, 6.45) is -5.41. The van der Waals surface area contributed by atoms with Crippen LogP contribution < -0.4 is 5.32 Å². The number of hydrogen-bond acceptors (Lipinski definition) is 4. The van der Waals surface area contributed by atoms with Crippen molar-refractivity contribution in [2.24, 2.45) is 5.92 Å². The highest BCUT2D eigenvalue weighted by molar-refractivity contribution is 5.88. The van der Waals surface area contributed by atoms with Crippen molar-refractivity contribution in [1.82, 2.24) is 10.2 Å². The zero-order valence-corrected chi connectivity index (χ0v) is 19.3. The summed E-state index contributed by atoms with van der Waals surface area (Å²) in [5.74, 6) is -3.52. The topological polar surface area (TPSA) is 95.9 Å². The van der Waals surface area contributed by atoms with Gasteiger partial charge in [0.25, 0.3) is 0 Å². The molecule has 0 radical (unpaired) electrons. The van der Waals surface area contributed by atoms with Crippen LogP contribution in [0.15, 0.2) is 48.5 Å². The van der Waals surface area contributed by atoms with E-state index in [9.17, 15) is 27.6 Å². The maximum Gasteiger partial charge on any atom is 0.407 e. The molecule has 0 saturated heterocycles. The number of benzene rings is 2. The van der Waals surface area contributed by atoms with Gasteiger partial charge in [0.15, 0.2) is 0 Å². The maximum atomic E-state index is 13.0. The molecule has 0 fully saturated rings. The highest BCUT2D eigenvalue weighted by Gasteiger charge is 2.38. The first-order valence-electron chi connectivity index (χ1n) is 11.2. The van der Waals surface area contributed by atoms with Gasteiger partial charge in [-0.15, -0.1) is 0 Å². The molecule has 0 spiro atoms. The molecule has 7 nitrogen and oxygen atoms in total. The van der Waals surface area contributed by atoms with Crippen LogP contribution in [0.1, 0.15) is 37.3 Å². The fourth-order valence-corrected chi connectivity index (χ4v) is 4.24. The molecule has 2 aromatic carbocycles. The van der Waals surface area contributed by atoms with E-state index in [0.717, 1.165) is 22.3 Å². The van der Waals surface area contributed by atoms with Crippen molar-refractivity contribution in [1.29, 1.82) is 0 Å². The van der Waals surface area contributed by atoms with Crippen LogP contribution in [0.3, 0.4) is 0 Å². The zero-order valence-electron chi connectivity index (χ0n) is 19.3. The number of hydrogen-bond donors (Lipinski definition) is 2. The summed E-state index contributed by atoms with van der Waals surface area (Å²) in [4.78, 5) is 36.8. The number of nitrogens with zero attached hydrogens (tertiary/aromatic N) is 1. The van der Waals surface area contributed by atoms with E-state index in [0.29, 0.717) is 6.42 Å². The smallest absolute Gasteiger partial charge is 0.407 e. The van der Waals surface area contributed by atoms with Gasteiger partial charge >= 0.3 is 18.2 Å². The Balaban J connectivity index is 1.73. The lowest BCUT2D eigenvalue weighted by molar-refractivity contribution is -0.167. The van der Waals surface area contributed by atoms with E-state index >= 15 is 0 Å². The molecule has 1 unspecified atom stereocenters. The van der Waals surface area contributed by atoms with E-state index in [1.807, 2.05) is 48.5 Å². The van der Waals surface area contributed by atoms with Gasteiger partial charge in [0.05, 0.1) is 0 Å². The number of carboxylic acid groups (broad SMARTS) is 1. The Morgan fingerprint density at radius 3 is 2.09 bits per heavy atom. The van der Waals surface area contributed by atoms with E-state index in [-0.39, 0.29) is 17.4 Å². The fraction of sp³-hybridized carbons (Fsp3) is 0.400. The Kier molecular flexibility index (Phi) is 8.03. The number of fused-ring (bicyclic) bond motifs is 3. The van der Waals surface area contributed by atoms with Crippen molar-refractivity contribution in [2.75, 3.05) is 19.7 Å². The van der Waals surface area contributed by atoms with Crippen LogP contribution >= 0.6 is 0 Å². The van der Waals surface area contributed by atoms with Crippen molar-refractivity contribution >= 4 is 18.0 Å². The summed E-state index contributed by atoms with van der Waals surface area (Å²) in [6, 6.07) is 14.0. The van der Waals surface area contributed by atoms with Gasteiger partial charge in [-0.2, -0.15) is 13.2 Å². The highest BCUT2D eigenvalue weighted by Crippen LogP contribution is 2.44. The van der Waals surface area contributed by atoms with Gasteiger partial charge in [0, 0.05) is 5.92 Å². The van der Waals surface area contributed by atoms with E-state index < -0.39 is 49.2 Å². The molecular formula is C25H27F3N2O5. The Hall–Kier alpha value is -3.56. The second-order valence-corrected chi connectivity index (χ2v) is 8.54. The van der Waals surface area contributed by atoms with Gasteiger partial charge in [-0.05, 0) is 28.2 Å². The molecule has 0 saturated carbocycles. The number of nitrogens with one attached hydrogen (secondary N) is 1. The van der Waals surface area contributed by atoms with Gasteiger partial charge in [-0.3, -0.25) is 9.59 Å². The largest absolute Gasteiger partial charge is 0.480 e. The standard InChI is InChI=1S/C25H27F3N2O5/c1-3-15(2)22(23(33)30(12-21(31)32)14-25(26,27)28)29-24(34)35-13-20-18-10-6-4-8-16(18)17-9-5-7-11-19(17)20/h4-11,15,20,22H,3,12-14H2,1-2H3,(H,29,34)(H,31,32)/t15?,22-/m0/s1. The lowest BCUT2D eigenvalue weighted by Gasteiger charge is -2.30. The predicted octanol–water partition coefficient (Wildman–Crippen LogP) is 4.42. The molecule has 188 valence electrons. The normalized spacial score (nSPS) is 14.4. The summed E-state index contributed by atoms with van der Waals surface area (Å²) >= 11 is 0. The number of amides is 2. The second-order valence-electron chi connectivity index (χ2n) is 8.54. The third-order valence-electron chi connectivity index (χ3n) is 6.10. The average Bonchev–Trinajstić information content (AvgIpc) is 3.12. The molecule has 1 aliphatic rings. The molecule has 0 heterocycles. The SMILES string of the molecule is CCC(C)[C@H](NC(=O)OCC1c2ccccc2-c2ccccc21)C(=O)N(CC(=O)O)CC(F)(F)F. The number of aliphatic carboxylic acids is 1. The third kappa shape index (κ3) is 6.32. The molecule has 2 amide bonds. The lowest BCUT2D eigenvalue weighted by Crippen LogP contribution is -2.54. The first kappa shape index (κ1) is 26.1. The number of alkyl carbamates (subject to hydrolysis) is 1. The third-order valence-corrected chi connectivity index (χ3v) is 6.10. The predicted molar refractivity (Wildman–Crippen MR) is 122 cm³/mol. The number of carbonyl (C=O) groups is 3. The average molecular weight is 492 g/mol. The van der Waals surface area contributed by atoms with Gasteiger partial charge in [-0.25, -0.2) is 4.79 Å². The minimum atomic E-state index is -4.80. The van der Waals surface area contributed by atoms with Gasteiger partial charge < -0.3 is 20.1 Å². The summed E-state index contributed by atoms with van der Waals surface area (Å²) in [7, 11) is 0. The van der Waals surface area contributed by atoms with Crippen LogP contribution in [-0.4, -0.2) is 59.9 Å². The molecule has 0 aromatic heterocycles. The van der Waals surface area contributed by atoms with E-state index in [4.69, 9.17) is 9.84 Å². The molecule has 0 aliphatic heterocycles. The van der Waals surface area contributed by atoms with Gasteiger partial charge in [0.2, 0.25) is 5.91 Å². The molecule has 2 atom stereocenters. The molecule has 0 bridgehead atoms. The molecule has 2 aromatic rings. The lowest BCUT2D eigenvalue weighted by atomic mass is 9.97. The van der Waals surface area contributed by atoms with Crippen molar-refractivity contribution in [3.8, 4) is 11.1 Å². The Morgan fingerprint density at radius 1 is 1.06 bits per heavy atom. The Morgan fingerprint density at radius 2 is 1.60 bits per heavy atom. The number of halogens is 3. The number of rotatable bonds is 9. The molecule has 10 heteroatoms. The number of carbonyl (C=O) groups excluding carboxylic acids is 2. The Labute approximate surface area is 200 Å². The molecule has 35 heavy (non-hydrogen) atoms. The van der Waals surface area contributed by atoms with Crippen molar-refractivity contribution in [3.63, 3.8) is 0 Å². The molecule has 3 rings (SSSR count). The van der Waals surface area contributed by atoms with Crippen LogP contribution in [0.2, 0.25) is 0 Å². The van der Waals surface area contributed by atoms with E-state index in [1.54, 1.807) is 13.8 Å².